The highest BCUT2D eigenvalue weighted by molar-refractivity contribution is 5.95. The molecule has 0 atom stereocenters. The molecule has 0 bridgehead atoms. The van der Waals surface area contributed by atoms with Crippen LogP contribution in [0.25, 0.3) is 0 Å². The minimum Gasteiger partial charge on any atom is -0.389 e. The van der Waals surface area contributed by atoms with Crippen molar-refractivity contribution in [2.24, 2.45) is 0 Å². The molecule has 1 aromatic carbocycles. The van der Waals surface area contributed by atoms with Crippen LogP contribution in [-0.2, 0) is 0 Å². The van der Waals surface area contributed by atoms with Crippen molar-refractivity contribution in [3.63, 3.8) is 0 Å². The van der Waals surface area contributed by atoms with Gasteiger partial charge in [-0.3, -0.25) is 4.79 Å². The highest BCUT2D eigenvalue weighted by Gasteiger charge is 2.15. The zero-order valence-corrected chi connectivity index (χ0v) is 11.5. The van der Waals surface area contributed by atoms with Gasteiger partial charge in [-0.2, -0.15) is 0 Å². The normalized spacial score (nSPS) is 11.8. The van der Waals surface area contributed by atoms with E-state index in [1.807, 2.05) is 37.4 Å². The lowest BCUT2D eigenvalue weighted by molar-refractivity contribution is 0.0442. The zero-order chi connectivity index (χ0) is 13.6. The first-order valence-corrected chi connectivity index (χ1v) is 6.38. The van der Waals surface area contributed by atoms with Crippen LogP contribution in [0.3, 0.4) is 0 Å². The molecule has 1 rings (SSSR count). The summed E-state index contributed by atoms with van der Waals surface area (Å²) in [6.45, 7) is 5.02. The number of Topliss-reactive ketones (excluding diaryl/α,β-unsaturated/α-hetero) is 1. The average molecular weight is 249 g/mol. The Hall–Kier alpha value is -1.19. The van der Waals surface area contributed by atoms with Gasteiger partial charge in [-0.15, -0.1) is 0 Å². The lowest BCUT2D eigenvalue weighted by Crippen LogP contribution is -2.36. The van der Waals surface area contributed by atoms with Crippen molar-refractivity contribution in [2.75, 3.05) is 20.1 Å². The molecule has 0 unspecified atom stereocenters. The second-order valence-electron chi connectivity index (χ2n) is 5.44. The van der Waals surface area contributed by atoms with Crippen LogP contribution in [0, 0.1) is 0 Å². The van der Waals surface area contributed by atoms with Crippen LogP contribution in [0.2, 0.25) is 0 Å². The summed E-state index contributed by atoms with van der Waals surface area (Å²) >= 11 is 0. The Morgan fingerprint density at radius 1 is 1.28 bits per heavy atom. The number of carbonyl (C=O) groups excluding carboxylic acids is 1. The molecule has 1 aromatic rings. The Labute approximate surface area is 109 Å². The predicted molar refractivity (Wildman–Crippen MR) is 73.8 cm³/mol. The number of likely N-dealkylation sites (N-methyl/N-ethyl adjacent to an activating group) is 1. The number of hydrogen-bond acceptors (Lipinski definition) is 3. The van der Waals surface area contributed by atoms with Gasteiger partial charge in [0.25, 0.3) is 0 Å². The maximum atomic E-state index is 11.8. The van der Waals surface area contributed by atoms with Gasteiger partial charge in [-0.05, 0) is 33.9 Å². The van der Waals surface area contributed by atoms with Crippen molar-refractivity contribution >= 4 is 5.78 Å². The Morgan fingerprint density at radius 2 is 1.89 bits per heavy atom. The first-order valence-electron chi connectivity index (χ1n) is 6.38. The fourth-order valence-corrected chi connectivity index (χ4v) is 2.02. The molecule has 100 valence electrons. The molecule has 0 saturated heterocycles. The standard InChI is InChI=1S/C15H23NO2/c1-15(2,18)12-16(3)11-7-10-14(17)13-8-5-4-6-9-13/h4-6,8-9,18H,7,10-12H2,1-3H3. The van der Waals surface area contributed by atoms with E-state index < -0.39 is 5.60 Å². The number of hydrogen-bond donors (Lipinski definition) is 1. The molecule has 0 heterocycles. The van der Waals surface area contributed by atoms with Crippen molar-refractivity contribution in [1.82, 2.24) is 4.90 Å². The molecule has 0 aromatic heterocycles. The molecule has 0 radical (unpaired) electrons. The van der Waals surface area contributed by atoms with Crippen LogP contribution in [0.5, 0.6) is 0 Å². The van der Waals surface area contributed by atoms with Gasteiger partial charge in [0.2, 0.25) is 0 Å². The molecule has 0 aliphatic carbocycles. The quantitative estimate of drug-likeness (QED) is 0.754. The van der Waals surface area contributed by atoms with Gasteiger partial charge >= 0.3 is 0 Å². The molecule has 3 nitrogen and oxygen atoms in total. The van der Waals surface area contributed by atoms with Gasteiger partial charge in [0, 0.05) is 18.5 Å². The summed E-state index contributed by atoms with van der Waals surface area (Å²) in [5.41, 5.74) is 0.0979. The number of ketones is 1. The van der Waals surface area contributed by atoms with Crippen LogP contribution < -0.4 is 0 Å². The van der Waals surface area contributed by atoms with Crippen LogP contribution in [0.4, 0.5) is 0 Å². The summed E-state index contributed by atoms with van der Waals surface area (Å²) < 4.78 is 0. The fraction of sp³-hybridized carbons (Fsp3) is 0.533. The van der Waals surface area contributed by atoms with Crippen LogP contribution in [-0.4, -0.2) is 41.5 Å². The highest BCUT2D eigenvalue weighted by atomic mass is 16.3. The second-order valence-corrected chi connectivity index (χ2v) is 5.44. The summed E-state index contributed by atoms with van der Waals surface area (Å²) in [5, 5.41) is 9.67. The summed E-state index contributed by atoms with van der Waals surface area (Å²) in [5.74, 6) is 0.187. The van der Waals surface area contributed by atoms with Crippen LogP contribution in [0.1, 0.15) is 37.0 Å². The molecule has 0 fully saturated rings. The third-order valence-electron chi connectivity index (χ3n) is 2.70. The van der Waals surface area contributed by atoms with Gasteiger partial charge in [-0.1, -0.05) is 30.3 Å². The Kier molecular flexibility index (Phi) is 5.51. The summed E-state index contributed by atoms with van der Waals surface area (Å²) in [6.07, 6.45) is 1.38. The second kappa shape index (κ2) is 6.66. The Morgan fingerprint density at radius 3 is 2.44 bits per heavy atom. The van der Waals surface area contributed by atoms with E-state index in [1.54, 1.807) is 13.8 Å². The maximum Gasteiger partial charge on any atom is 0.162 e. The van der Waals surface area contributed by atoms with E-state index in [4.69, 9.17) is 0 Å². The number of aliphatic hydroxyl groups is 1. The zero-order valence-electron chi connectivity index (χ0n) is 11.5. The number of benzene rings is 1. The Bertz CT molecular complexity index is 368. The monoisotopic (exact) mass is 249 g/mol. The van der Waals surface area contributed by atoms with Crippen LogP contribution in [0.15, 0.2) is 30.3 Å². The van der Waals surface area contributed by atoms with Gasteiger partial charge in [-0.25, -0.2) is 0 Å². The summed E-state index contributed by atoms with van der Waals surface area (Å²) in [7, 11) is 1.96. The smallest absolute Gasteiger partial charge is 0.162 e. The van der Waals surface area contributed by atoms with Crippen LogP contribution >= 0.6 is 0 Å². The van der Waals surface area contributed by atoms with Crippen molar-refractivity contribution in [1.29, 1.82) is 0 Å². The van der Waals surface area contributed by atoms with Gasteiger partial charge in [0.1, 0.15) is 0 Å². The molecule has 0 spiro atoms. The molecule has 0 amide bonds. The minimum atomic E-state index is -0.682. The maximum absolute atomic E-state index is 11.8. The summed E-state index contributed by atoms with van der Waals surface area (Å²) in [4.78, 5) is 13.9. The van der Waals surface area contributed by atoms with Crippen molar-refractivity contribution in [3.8, 4) is 0 Å². The lowest BCUT2D eigenvalue weighted by atomic mass is 10.1. The number of carbonyl (C=O) groups is 1. The van der Waals surface area contributed by atoms with Crippen molar-refractivity contribution < 1.29 is 9.90 Å². The first kappa shape index (κ1) is 14.9. The van der Waals surface area contributed by atoms with E-state index in [1.165, 1.54) is 0 Å². The third kappa shape index (κ3) is 5.94. The molecule has 3 heteroatoms. The van der Waals surface area contributed by atoms with E-state index in [-0.39, 0.29) is 5.78 Å². The third-order valence-corrected chi connectivity index (χ3v) is 2.70. The average Bonchev–Trinajstić information content (AvgIpc) is 2.27. The Balaban J connectivity index is 2.28. The number of nitrogens with zero attached hydrogens (tertiary/aromatic N) is 1. The SMILES string of the molecule is CN(CCCC(=O)c1ccccc1)CC(C)(C)O. The molecular weight excluding hydrogens is 226 g/mol. The van der Waals surface area contributed by atoms with Crippen molar-refractivity contribution in [2.45, 2.75) is 32.3 Å². The molecule has 18 heavy (non-hydrogen) atoms. The molecule has 0 aliphatic rings. The first-order chi connectivity index (χ1) is 8.38. The summed E-state index contributed by atoms with van der Waals surface area (Å²) in [6, 6.07) is 9.38. The van der Waals surface area contributed by atoms with E-state index in [0.717, 1.165) is 18.5 Å². The van der Waals surface area contributed by atoms with Gasteiger partial charge in [0.05, 0.1) is 5.60 Å². The predicted octanol–water partition coefficient (Wildman–Crippen LogP) is 2.35. The van der Waals surface area contributed by atoms with E-state index in [2.05, 4.69) is 4.90 Å². The lowest BCUT2D eigenvalue weighted by Gasteiger charge is -2.25. The molecule has 0 aliphatic heterocycles. The fourth-order valence-electron chi connectivity index (χ4n) is 2.02. The topological polar surface area (TPSA) is 40.5 Å². The highest BCUT2D eigenvalue weighted by Crippen LogP contribution is 2.07. The molecule has 1 N–H and O–H groups in total. The minimum absolute atomic E-state index is 0.187. The van der Waals surface area contributed by atoms with Gasteiger partial charge in [0.15, 0.2) is 5.78 Å². The van der Waals surface area contributed by atoms with E-state index in [0.29, 0.717) is 13.0 Å². The van der Waals surface area contributed by atoms with Gasteiger partial charge < -0.3 is 10.0 Å². The van der Waals surface area contributed by atoms with E-state index in [9.17, 15) is 9.90 Å². The van der Waals surface area contributed by atoms with Crippen molar-refractivity contribution in [3.05, 3.63) is 35.9 Å². The molecule has 0 saturated carbocycles. The number of rotatable bonds is 7. The van der Waals surface area contributed by atoms with E-state index >= 15 is 0 Å². The molecular formula is C15H23NO2. The largest absolute Gasteiger partial charge is 0.389 e.